The lowest BCUT2D eigenvalue weighted by Crippen LogP contribution is -2.51. The van der Waals surface area contributed by atoms with Crippen molar-refractivity contribution >= 4 is 16.0 Å². The number of hydrogen-bond acceptors (Lipinski definition) is 4. The molecule has 2 saturated heterocycles. The summed E-state index contributed by atoms with van der Waals surface area (Å²) in [6.07, 6.45) is 4.01. The van der Waals surface area contributed by atoms with Crippen molar-refractivity contribution in [3.63, 3.8) is 0 Å². The van der Waals surface area contributed by atoms with Crippen LogP contribution in [-0.4, -0.2) is 81.4 Å². The summed E-state index contributed by atoms with van der Waals surface area (Å²) in [5, 5.41) is 6.40. The first-order valence-electron chi connectivity index (χ1n) is 9.93. The molecule has 28 heavy (non-hydrogen) atoms. The van der Waals surface area contributed by atoms with E-state index in [0.717, 1.165) is 19.5 Å². The predicted molar refractivity (Wildman–Crippen MR) is 104 cm³/mol. The zero-order valence-corrected chi connectivity index (χ0v) is 17.4. The average Bonchev–Trinajstić information content (AvgIpc) is 2.63. The van der Waals surface area contributed by atoms with E-state index in [2.05, 4.69) is 27.6 Å². The lowest BCUT2D eigenvalue weighted by atomic mass is 9.94. The van der Waals surface area contributed by atoms with Crippen LogP contribution in [0.25, 0.3) is 0 Å². The molecule has 2 fully saturated rings. The Morgan fingerprint density at radius 2 is 1.71 bits per heavy atom. The highest BCUT2D eigenvalue weighted by atomic mass is 32.2. The maximum atomic E-state index is 12.7. The van der Waals surface area contributed by atoms with E-state index >= 15 is 0 Å². The van der Waals surface area contributed by atoms with Gasteiger partial charge in [-0.3, -0.25) is 4.99 Å². The van der Waals surface area contributed by atoms with Gasteiger partial charge in [-0.25, -0.2) is 8.42 Å². The molecule has 0 atom stereocenters. The fraction of sp³-hybridized carbons (Fsp3) is 0.941. The van der Waals surface area contributed by atoms with Crippen molar-refractivity contribution in [2.24, 2.45) is 10.9 Å². The Morgan fingerprint density at radius 1 is 1.11 bits per heavy atom. The molecule has 164 valence electrons. The largest absolute Gasteiger partial charge is 0.511 e. The van der Waals surface area contributed by atoms with Gasteiger partial charge in [0.05, 0.1) is 0 Å². The second-order valence-electron chi connectivity index (χ2n) is 7.56. The first-order valence-corrected chi connectivity index (χ1v) is 11.4. The molecule has 0 aromatic rings. The molecule has 0 saturated carbocycles. The number of guanidine groups is 1. The van der Waals surface area contributed by atoms with Crippen LogP contribution < -0.4 is 10.6 Å². The van der Waals surface area contributed by atoms with Gasteiger partial charge < -0.3 is 15.5 Å². The summed E-state index contributed by atoms with van der Waals surface area (Å²) in [6.45, 7) is 5.28. The minimum absolute atomic E-state index is 0.0965. The minimum Gasteiger partial charge on any atom is -0.357 e. The van der Waals surface area contributed by atoms with E-state index in [4.69, 9.17) is 0 Å². The van der Waals surface area contributed by atoms with E-state index in [1.807, 2.05) is 6.92 Å². The van der Waals surface area contributed by atoms with E-state index in [0.29, 0.717) is 42.1 Å². The van der Waals surface area contributed by atoms with E-state index in [1.54, 1.807) is 0 Å². The smallest absolute Gasteiger partial charge is 0.357 e. The maximum Gasteiger partial charge on any atom is 0.511 e. The second kappa shape index (κ2) is 10.1. The second-order valence-corrected chi connectivity index (χ2v) is 9.49. The quantitative estimate of drug-likeness (QED) is 0.497. The molecule has 0 unspecified atom stereocenters. The number of hydrogen-bond donors (Lipinski definition) is 2. The van der Waals surface area contributed by atoms with Gasteiger partial charge in [0.25, 0.3) is 0 Å². The molecular weight excluding hydrogens is 395 g/mol. The van der Waals surface area contributed by atoms with Gasteiger partial charge in [-0.15, -0.1) is 0 Å². The van der Waals surface area contributed by atoms with Gasteiger partial charge in [-0.1, -0.05) is 0 Å². The Balaban J connectivity index is 1.81. The van der Waals surface area contributed by atoms with Gasteiger partial charge >= 0.3 is 15.5 Å². The summed E-state index contributed by atoms with van der Waals surface area (Å²) >= 11 is 0. The number of nitrogens with one attached hydrogen (secondary N) is 2. The highest BCUT2D eigenvalue weighted by molar-refractivity contribution is 7.90. The summed E-state index contributed by atoms with van der Waals surface area (Å²) in [6, 6.07) is -0.0965. The molecule has 2 rings (SSSR count). The molecule has 0 bridgehead atoms. The molecule has 0 aliphatic carbocycles. The highest BCUT2D eigenvalue weighted by Gasteiger charge is 2.50. The molecule has 0 amide bonds. The first-order chi connectivity index (χ1) is 13.1. The van der Waals surface area contributed by atoms with Crippen LogP contribution in [-0.2, 0) is 10.0 Å². The van der Waals surface area contributed by atoms with Crippen molar-refractivity contribution in [2.75, 3.05) is 46.3 Å². The van der Waals surface area contributed by atoms with Gasteiger partial charge in [0, 0.05) is 32.2 Å². The molecule has 2 aliphatic heterocycles. The SMILES string of the molecule is CCNC(=NCCC1CCN(C)CC1)NC1CCN(S(=O)(=O)C(F)(F)F)CC1. The average molecular weight is 428 g/mol. The van der Waals surface area contributed by atoms with Crippen molar-refractivity contribution < 1.29 is 21.6 Å². The highest BCUT2D eigenvalue weighted by Crippen LogP contribution is 2.29. The van der Waals surface area contributed by atoms with Gasteiger partial charge in [-0.05, 0) is 65.1 Å². The number of rotatable bonds is 6. The van der Waals surface area contributed by atoms with Gasteiger partial charge in [-0.2, -0.15) is 17.5 Å². The zero-order valence-electron chi connectivity index (χ0n) is 16.6. The number of nitrogens with zero attached hydrogens (tertiary/aromatic N) is 3. The van der Waals surface area contributed by atoms with E-state index < -0.39 is 15.5 Å². The van der Waals surface area contributed by atoms with Crippen molar-refractivity contribution in [3.8, 4) is 0 Å². The molecule has 2 N–H and O–H groups in total. The third kappa shape index (κ3) is 6.48. The molecule has 0 aromatic heterocycles. The van der Waals surface area contributed by atoms with E-state index in [1.165, 1.54) is 12.8 Å². The number of likely N-dealkylation sites (tertiary alicyclic amines) is 1. The lowest BCUT2D eigenvalue weighted by Gasteiger charge is -2.32. The number of sulfonamides is 1. The van der Waals surface area contributed by atoms with Crippen molar-refractivity contribution in [1.82, 2.24) is 19.8 Å². The van der Waals surface area contributed by atoms with Crippen molar-refractivity contribution in [1.29, 1.82) is 0 Å². The fourth-order valence-electron chi connectivity index (χ4n) is 3.61. The molecule has 0 radical (unpaired) electrons. The Labute approximate surface area is 165 Å². The summed E-state index contributed by atoms with van der Waals surface area (Å²) in [7, 11) is -3.10. The Morgan fingerprint density at radius 3 is 2.25 bits per heavy atom. The molecule has 2 aliphatic rings. The van der Waals surface area contributed by atoms with Gasteiger partial charge in [0.2, 0.25) is 0 Å². The monoisotopic (exact) mass is 427 g/mol. The Kier molecular flexibility index (Phi) is 8.38. The molecule has 0 aromatic carbocycles. The van der Waals surface area contributed by atoms with Crippen LogP contribution in [0.1, 0.15) is 39.0 Å². The number of aliphatic imine (C=N–C) groups is 1. The maximum absolute atomic E-state index is 12.7. The third-order valence-electron chi connectivity index (χ3n) is 5.42. The Hall–Kier alpha value is -1.07. The Bertz CT molecular complexity index is 611. The van der Waals surface area contributed by atoms with E-state index in [-0.39, 0.29) is 19.1 Å². The normalized spacial score (nSPS) is 22.4. The van der Waals surface area contributed by atoms with Gasteiger partial charge in [0.1, 0.15) is 0 Å². The fourth-order valence-corrected chi connectivity index (χ4v) is 4.59. The van der Waals surface area contributed by atoms with Crippen LogP contribution in [0, 0.1) is 5.92 Å². The van der Waals surface area contributed by atoms with Crippen LogP contribution in [0.5, 0.6) is 0 Å². The number of alkyl halides is 3. The van der Waals surface area contributed by atoms with Gasteiger partial charge in [0.15, 0.2) is 5.96 Å². The van der Waals surface area contributed by atoms with Crippen molar-refractivity contribution in [2.45, 2.75) is 50.6 Å². The minimum atomic E-state index is -5.24. The number of piperidine rings is 2. The lowest BCUT2D eigenvalue weighted by molar-refractivity contribution is -0.0494. The molecule has 11 heteroatoms. The molecule has 2 heterocycles. The van der Waals surface area contributed by atoms with Crippen LogP contribution >= 0.6 is 0 Å². The standard InChI is InChI=1S/C17H32F3N5O2S/c1-3-21-16(22-9-4-14-5-10-24(2)11-6-14)23-15-7-12-25(13-8-15)28(26,27)17(18,19)20/h14-15H,3-13H2,1-2H3,(H2,21,22,23). The van der Waals surface area contributed by atoms with Crippen LogP contribution in [0.3, 0.4) is 0 Å². The van der Waals surface area contributed by atoms with Crippen LogP contribution in [0.4, 0.5) is 13.2 Å². The summed E-state index contributed by atoms with van der Waals surface area (Å²) in [4.78, 5) is 6.93. The summed E-state index contributed by atoms with van der Waals surface area (Å²) in [5.74, 6) is 1.33. The predicted octanol–water partition coefficient (Wildman–Crippen LogP) is 1.59. The molecular formula is C17H32F3N5O2S. The summed E-state index contributed by atoms with van der Waals surface area (Å²) < 4.78 is 61.5. The zero-order chi connectivity index (χ0) is 20.8. The van der Waals surface area contributed by atoms with Crippen molar-refractivity contribution in [3.05, 3.63) is 0 Å². The third-order valence-corrected chi connectivity index (χ3v) is 7.05. The summed E-state index contributed by atoms with van der Waals surface area (Å²) in [5.41, 5.74) is -5.24. The van der Waals surface area contributed by atoms with Crippen LogP contribution in [0.2, 0.25) is 0 Å². The van der Waals surface area contributed by atoms with Crippen LogP contribution in [0.15, 0.2) is 4.99 Å². The number of halogens is 3. The molecule has 0 spiro atoms. The first kappa shape index (κ1) is 23.2. The van der Waals surface area contributed by atoms with E-state index in [9.17, 15) is 21.6 Å². The molecule has 7 nitrogen and oxygen atoms in total. The topological polar surface area (TPSA) is 77.0 Å².